The second-order valence-corrected chi connectivity index (χ2v) is 5.33. The SMILES string of the molecule is C[C@H](NC(=O)NCc1ccc2c(c1)OCCO2)c1nncn1C. The summed E-state index contributed by atoms with van der Waals surface area (Å²) >= 11 is 0. The lowest BCUT2D eigenvalue weighted by molar-refractivity contribution is 0.171. The van der Waals surface area contributed by atoms with Gasteiger partial charge in [-0.2, -0.15) is 0 Å². The molecule has 1 aromatic carbocycles. The number of urea groups is 1. The molecule has 0 radical (unpaired) electrons. The van der Waals surface area contributed by atoms with E-state index in [-0.39, 0.29) is 12.1 Å². The highest BCUT2D eigenvalue weighted by Gasteiger charge is 2.15. The fourth-order valence-corrected chi connectivity index (χ4v) is 2.38. The van der Waals surface area contributed by atoms with Gasteiger partial charge in [0.2, 0.25) is 0 Å². The van der Waals surface area contributed by atoms with Crippen LogP contribution in [0.25, 0.3) is 0 Å². The number of amides is 2. The summed E-state index contributed by atoms with van der Waals surface area (Å²) < 4.78 is 12.8. The van der Waals surface area contributed by atoms with Crippen LogP contribution in [0.3, 0.4) is 0 Å². The minimum atomic E-state index is -0.268. The molecule has 3 rings (SSSR count). The molecule has 1 aliphatic rings. The molecule has 0 fully saturated rings. The van der Waals surface area contributed by atoms with Gasteiger partial charge in [0.25, 0.3) is 0 Å². The molecule has 0 bridgehead atoms. The second kappa shape index (κ2) is 6.55. The molecular formula is C15H19N5O3. The maximum Gasteiger partial charge on any atom is 0.315 e. The van der Waals surface area contributed by atoms with Crippen molar-refractivity contribution in [2.75, 3.05) is 13.2 Å². The predicted octanol–water partition coefficient (Wildman–Crippen LogP) is 1.15. The lowest BCUT2D eigenvalue weighted by Crippen LogP contribution is -2.37. The van der Waals surface area contributed by atoms with Crippen molar-refractivity contribution in [2.45, 2.75) is 19.5 Å². The highest BCUT2D eigenvalue weighted by Crippen LogP contribution is 2.30. The Morgan fingerprint density at radius 3 is 2.87 bits per heavy atom. The van der Waals surface area contributed by atoms with Gasteiger partial charge < -0.3 is 24.7 Å². The van der Waals surface area contributed by atoms with Crippen LogP contribution in [0.4, 0.5) is 4.79 Å². The van der Waals surface area contributed by atoms with E-state index in [1.807, 2.05) is 32.2 Å². The monoisotopic (exact) mass is 317 g/mol. The summed E-state index contributed by atoms with van der Waals surface area (Å²) in [6.07, 6.45) is 1.60. The van der Waals surface area contributed by atoms with E-state index < -0.39 is 0 Å². The van der Waals surface area contributed by atoms with Crippen LogP contribution in [0.5, 0.6) is 11.5 Å². The number of hydrogen-bond acceptors (Lipinski definition) is 5. The van der Waals surface area contributed by atoms with Crippen LogP contribution >= 0.6 is 0 Å². The summed E-state index contributed by atoms with van der Waals surface area (Å²) in [5.74, 6) is 2.14. The number of aromatic nitrogens is 3. The highest BCUT2D eigenvalue weighted by molar-refractivity contribution is 5.74. The van der Waals surface area contributed by atoms with E-state index in [0.717, 1.165) is 11.3 Å². The topological polar surface area (TPSA) is 90.3 Å². The third kappa shape index (κ3) is 3.53. The van der Waals surface area contributed by atoms with Crippen molar-refractivity contribution in [1.82, 2.24) is 25.4 Å². The first-order valence-corrected chi connectivity index (χ1v) is 7.40. The Bertz CT molecular complexity index is 700. The van der Waals surface area contributed by atoms with E-state index in [1.54, 1.807) is 10.9 Å². The number of carbonyl (C=O) groups is 1. The Hall–Kier alpha value is -2.77. The first-order chi connectivity index (χ1) is 11.1. The van der Waals surface area contributed by atoms with E-state index in [9.17, 15) is 4.79 Å². The Labute approximate surface area is 133 Å². The molecule has 0 unspecified atom stereocenters. The lowest BCUT2D eigenvalue weighted by Gasteiger charge is -2.19. The fraction of sp³-hybridized carbons (Fsp3) is 0.400. The molecule has 1 aliphatic heterocycles. The normalized spacial score (nSPS) is 14.2. The van der Waals surface area contributed by atoms with Gasteiger partial charge >= 0.3 is 6.03 Å². The summed E-state index contributed by atoms with van der Waals surface area (Å²) in [6, 6.07) is 5.13. The number of fused-ring (bicyclic) bond motifs is 1. The molecule has 122 valence electrons. The van der Waals surface area contributed by atoms with Gasteiger partial charge in [-0.1, -0.05) is 6.07 Å². The second-order valence-electron chi connectivity index (χ2n) is 5.33. The van der Waals surface area contributed by atoms with Crippen molar-refractivity contribution in [2.24, 2.45) is 7.05 Å². The molecule has 0 spiro atoms. The van der Waals surface area contributed by atoms with Crippen LogP contribution in [-0.2, 0) is 13.6 Å². The predicted molar refractivity (Wildman–Crippen MR) is 82.2 cm³/mol. The summed E-state index contributed by atoms with van der Waals surface area (Å²) in [7, 11) is 1.83. The largest absolute Gasteiger partial charge is 0.486 e. The summed E-state index contributed by atoms with van der Waals surface area (Å²) in [5.41, 5.74) is 0.940. The van der Waals surface area contributed by atoms with Crippen LogP contribution in [-0.4, -0.2) is 34.0 Å². The van der Waals surface area contributed by atoms with E-state index in [4.69, 9.17) is 9.47 Å². The Morgan fingerprint density at radius 2 is 2.13 bits per heavy atom. The summed E-state index contributed by atoms with van der Waals surface area (Å²) in [4.78, 5) is 12.0. The van der Waals surface area contributed by atoms with Gasteiger partial charge in [0.1, 0.15) is 19.5 Å². The van der Waals surface area contributed by atoms with Crippen molar-refractivity contribution in [3.05, 3.63) is 35.9 Å². The number of ether oxygens (including phenoxy) is 2. The van der Waals surface area contributed by atoms with Crippen molar-refractivity contribution in [3.8, 4) is 11.5 Å². The van der Waals surface area contributed by atoms with Gasteiger partial charge in [-0.05, 0) is 24.6 Å². The van der Waals surface area contributed by atoms with Gasteiger partial charge in [0.05, 0.1) is 6.04 Å². The van der Waals surface area contributed by atoms with Gasteiger partial charge in [-0.25, -0.2) is 4.79 Å². The zero-order valence-corrected chi connectivity index (χ0v) is 13.1. The lowest BCUT2D eigenvalue weighted by atomic mass is 10.2. The van der Waals surface area contributed by atoms with E-state index in [1.165, 1.54) is 0 Å². The molecule has 1 atom stereocenters. The molecule has 8 nitrogen and oxygen atoms in total. The maximum atomic E-state index is 12.0. The number of benzene rings is 1. The quantitative estimate of drug-likeness (QED) is 0.883. The van der Waals surface area contributed by atoms with E-state index in [2.05, 4.69) is 20.8 Å². The smallest absolute Gasteiger partial charge is 0.315 e. The van der Waals surface area contributed by atoms with Crippen LogP contribution < -0.4 is 20.1 Å². The minimum absolute atomic E-state index is 0.234. The Kier molecular flexibility index (Phi) is 4.31. The number of nitrogens with one attached hydrogen (secondary N) is 2. The van der Waals surface area contributed by atoms with Crippen LogP contribution in [0.2, 0.25) is 0 Å². The van der Waals surface area contributed by atoms with Crippen molar-refractivity contribution < 1.29 is 14.3 Å². The average Bonchev–Trinajstić information content (AvgIpc) is 2.99. The van der Waals surface area contributed by atoms with Crippen LogP contribution in [0.15, 0.2) is 24.5 Å². The van der Waals surface area contributed by atoms with Crippen LogP contribution in [0.1, 0.15) is 24.4 Å². The third-order valence-electron chi connectivity index (χ3n) is 3.54. The average molecular weight is 317 g/mol. The zero-order valence-electron chi connectivity index (χ0n) is 13.1. The number of nitrogens with zero attached hydrogens (tertiary/aromatic N) is 3. The molecule has 2 N–H and O–H groups in total. The number of aryl methyl sites for hydroxylation is 1. The van der Waals surface area contributed by atoms with Crippen molar-refractivity contribution >= 4 is 6.03 Å². The number of rotatable bonds is 4. The molecule has 23 heavy (non-hydrogen) atoms. The minimum Gasteiger partial charge on any atom is -0.486 e. The number of hydrogen-bond donors (Lipinski definition) is 2. The van der Waals surface area contributed by atoms with Crippen molar-refractivity contribution in [1.29, 1.82) is 0 Å². The van der Waals surface area contributed by atoms with Gasteiger partial charge in [0.15, 0.2) is 17.3 Å². The van der Waals surface area contributed by atoms with Gasteiger partial charge in [-0.3, -0.25) is 0 Å². The summed E-state index contributed by atoms with van der Waals surface area (Å²) in [6.45, 7) is 3.36. The van der Waals surface area contributed by atoms with E-state index in [0.29, 0.717) is 31.3 Å². The molecule has 2 heterocycles. The molecule has 0 aliphatic carbocycles. The first kappa shape index (κ1) is 15.1. The fourth-order valence-electron chi connectivity index (χ4n) is 2.38. The molecular weight excluding hydrogens is 298 g/mol. The standard InChI is InChI=1S/C15H19N5O3/c1-10(14-19-17-9-20(14)2)18-15(21)16-8-11-3-4-12-13(7-11)23-6-5-22-12/h3-4,7,9-10H,5-6,8H2,1-2H3,(H2,16,18,21)/t10-/m0/s1. The van der Waals surface area contributed by atoms with E-state index >= 15 is 0 Å². The zero-order chi connectivity index (χ0) is 16.2. The van der Waals surface area contributed by atoms with Gasteiger partial charge in [0, 0.05) is 13.6 Å². The summed E-state index contributed by atoms with van der Waals surface area (Å²) in [5, 5.41) is 13.4. The molecule has 2 amide bonds. The van der Waals surface area contributed by atoms with Crippen molar-refractivity contribution in [3.63, 3.8) is 0 Å². The Morgan fingerprint density at radius 1 is 1.35 bits per heavy atom. The van der Waals surface area contributed by atoms with Gasteiger partial charge in [-0.15, -0.1) is 10.2 Å². The molecule has 0 saturated heterocycles. The maximum absolute atomic E-state index is 12.0. The molecule has 2 aromatic rings. The first-order valence-electron chi connectivity index (χ1n) is 7.40. The molecule has 0 saturated carbocycles. The number of carbonyl (C=O) groups excluding carboxylic acids is 1. The Balaban J connectivity index is 1.54. The third-order valence-corrected chi connectivity index (χ3v) is 3.54. The van der Waals surface area contributed by atoms with Crippen LogP contribution in [0, 0.1) is 0 Å². The highest BCUT2D eigenvalue weighted by atomic mass is 16.6. The molecule has 1 aromatic heterocycles. The molecule has 8 heteroatoms.